The number of aliphatic carboxylic acids is 1. The molecular formula is C26H38N2O4. The fraction of sp³-hybridized carbons (Fsp3) is 0.654. The number of hydrogen-bond acceptors (Lipinski definition) is 3. The van der Waals surface area contributed by atoms with Crippen LogP contribution in [0.5, 0.6) is 0 Å². The molecule has 0 bridgehead atoms. The third-order valence-corrected chi connectivity index (χ3v) is 7.01. The van der Waals surface area contributed by atoms with Gasteiger partial charge in [0.25, 0.3) is 0 Å². The van der Waals surface area contributed by atoms with Gasteiger partial charge in [0.2, 0.25) is 11.8 Å². The van der Waals surface area contributed by atoms with Gasteiger partial charge in [0.05, 0.1) is 0 Å². The van der Waals surface area contributed by atoms with E-state index >= 15 is 0 Å². The number of likely N-dealkylation sites (tertiary alicyclic amines) is 1. The van der Waals surface area contributed by atoms with Crippen LogP contribution in [0.4, 0.5) is 0 Å². The molecule has 0 radical (unpaired) electrons. The first kappa shape index (κ1) is 24.3. The third-order valence-electron chi connectivity index (χ3n) is 7.01. The Morgan fingerprint density at radius 2 is 1.69 bits per heavy atom. The molecule has 1 saturated heterocycles. The van der Waals surface area contributed by atoms with E-state index < -0.39 is 5.97 Å². The van der Waals surface area contributed by atoms with Gasteiger partial charge < -0.3 is 14.9 Å². The molecule has 6 nitrogen and oxygen atoms in total. The summed E-state index contributed by atoms with van der Waals surface area (Å²) >= 11 is 0. The standard InChI is InChI=1S/C26H38N2O4/c29-24(27(20-26(31)32)18-7-6-12-21-10-2-1-3-11-21)16-8-17-25(30)28-19-9-14-22-13-4-5-15-23(22)28/h1-3,10-11,22-23H,4-9,12-20H2,(H,31,32). The lowest BCUT2D eigenvalue weighted by Gasteiger charge is -2.44. The van der Waals surface area contributed by atoms with Gasteiger partial charge in [-0.1, -0.05) is 43.2 Å². The molecule has 1 N–H and O–H groups in total. The lowest BCUT2D eigenvalue weighted by molar-refractivity contribution is -0.145. The van der Waals surface area contributed by atoms with Crippen LogP contribution >= 0.6 is 0 Å². The fourth-order valence-corrected chi connectivity index (χ4v) is 5.36. The largest absolute Gasteiger partial charge is 0.480 e. The van der Waals surface area contributed by atoms with Crippen LogP contribution in [0.2, 0.25) is 0 Å². The summed E-state index contributed by atoms with van der Waals surface area (Å²) in [5, 5.41) is 9.21. The second-order valence-electron chi connectivity index (χ2n) is 9.35. The predicted octanol–water partition coefficient (Wildman–Crippen LogP) is 4.27. The molecule has 2 unspecified atom stereocenters. The molecule has 32 heavy (non-hydrogen) atoms. The SMILES string of the molecule is O=C(O)CN(CCCCc1ccccc1)C(=O)CCCC(=O)N1CCCC2CCCCC21. The smallest absolute Gasteiger partial charge is 0.323 e. The number of benzene rings is 1. The molecule has 2 amide bonds. The number of carbonyl (C=O) groups is 3. The summed E-state index contributed by atoms with van der Waals surface area (Å²) in [5.41, 5.74) is 1.25. The molecule has 0 aromatic heterocycles. The molecule has 1 aliphatic carbocycles. The van der Waals surface area contributed by atoms with Gasteiger partial charge in [0.1, 0.15) is 6.54 Å². The highest BCUT2D eigenvalue weighted by molar-refractivity contribution is 5.82. The molecule has 1 heterocycles. The van der Waals surface area contributed by atoms with E-state index in [9.17, 15) is 19.5 Å². The number of hydrogen-bond donors (Lipinski definition) is 1. The van der Waals surface area contributed by atoms with Crippen molar-refractivity contribution in [2.75, 3.05) is 19.6 Å². The first-order valence-corrected chi connectivity index (χ1v) is 12.4. The fourth-order valence-electron chi connectivity index (χ4n) is 5.36. The number of carboxylic acids is 1. The van der Waals surface area contributed by atoms with Gasteiger partial charge in [-0.05, 0) is 62.8 Å². The molecule has 2 atom stereocenters. The van der Waals surface area contributed by atoms with Crippen molar-refractivity contribution in [3.63, 3.8) is 0 Å². The molecule has 3 rings (SSSR count). The molecular weight excluding hydrogens is 404 g/mol. The molecule has 1 aliphatic heterocycles. The maximum Gasteiger partial charge on any atom is 0.323 e. The van der Waals surface area contributed by atoms with E-state index in [-0.39, 0.29) is 24.8 Å². The Kier molecular flexibility index (Phi) is 9.57. The van der Waals surface area contributed by atoms with Gasteiger partial charge in [0, 0.05) is 32.0 Å². The summed E-state index contributed by atoms with van der Waals surface area (Å²) in [7, 11) is 0. The van der Waals surface area contributed by atoms with Crippen molar-refractivity contribution < 1.29 is 19.5 Å². The molecule has 1 aromatic carbocycles. The summed E-state index contributed by atoms with van der Waals surface area (Å²) in [4.78, 5) is 40.3. The number of aryl methyl sites for hydroxylation is 1. The average Bonchev–Trinajstić information content (AvgIpc) is 2.81. The second kappa shape index (κ2) is 12.6. The Bertz CT molecular complexity index is 749. The van der Waals surface area contributed by atoms with Crippen molar-refractivity contribution >= 4 is 17.8 Å². The lowest BCUT2D eigenvalue weighted by atomic mass is 9.78. The Morgan fingerprint density at radius 3 is 2.47 bits per heavy atom. The van der Waals surface area contributed by atoms with Gasteiger partial charge in [-0.25, -0.2) is 0 Å². The van der Waals surface area contributed by atoms with Gasteiger partial charge in [-0.15, -0.1) is 0 Å². The summed E-state index contributed by atoms with van der Waals surface area (Å²) < 4.78 is 0. The molecule has 2 aliphatic rings. The van der Waals surface area contributed by atoms with E-state index in [1.807, 2.05) is 18.2 Å². The van der Waals surface area contributed by atoms with Gasteiger partial charge in [-0.3, -0.25) is 14.4 Å². The average molecular weight is 443 g/mol. The minimum atomic E-state index is -0.992. The summed E-state index contributed by atoms with van der Waals surface area (Å²) in [6, 6.07) is 10.6. The van der Waals surface area contributed by atoms with Crippen LogP contribution in [-0.4, -0.2) is 58.4 Å². The Labute approximate surface area is 192 Å². The second-order valence-corrected chi connectivity index (χ2v) is 9.35. The third kappa shape index (κ3) is 7.35. The molecule has 2 fully saturated rings. The number of fused-ring (bicyclic) bond motifs is 1. The van der Waals surface area contributed by atoms with Crippen molar-refractivity contribution in [3.05, 3.63) is 35.9 Å². The highest BCUT2D eigenvalue weighted by Gasteiger charge is 2.35. The van der Waals surface area contributed by atoms with Gasteiger partial charge >= 0.3 is 5.97 Å². The number of carboxylic acid groups (broad SMARTS) is 1. The minimum Gasteiger partial charge on any atom is -0.480 e. The van der Waals surface area contributed by atoms with E-state index in [0.717, 1.165) is 38.6 Å². The number of rotatable bonds is 11. The van der Waals surface area contributed by atoms with E-state index in [2.05, 4.69) is 17.0 Å². The van der Waals surface area contributed by atoms with Crippen molar-refractivity contribution in [3.8, 4) is 0 Å². The number of carbonyl (C=O) groups excluding carboxylic acids is 2. The van der Waals surface area contributed by atoms with E-state index in [1.165, 1.54) is 36.1 Å². The monoisotopic (exact) mass is 442 g/mol. The summed E-state index contributed by atoms with van der Waals surface area (Å²) in [6.45, 7) is 1.02. The topological polar surface area (TPSA) is 77.9 Å². The van der Waals surface area contributed by atoms with Crippen LogP contribution in [0.25, 0.3) is 0 Å². The number of unbranched alkanes of at least 4 members (excludes halogenated alkanes) is 1. The molecule has 1 saturated carbocycles. The molecule has 1 aromatic rings. The van der Waals surface area contributed by atoms with Crippen LogP contribution in [0, 0.1) is 5.92 Å². The zero-order valence-electron chi connectivity index (χ0n) is 19.2. The van der Waals surface area contributed by atoms with Crippen LogP contribution in [-0.2, 0) is 20.8 Å². The quantitative estimate of drug-likeness (QED) is 0.519. The minimum absolute atomic E-state index is 0.158. The predicted molar refractivity (Wildman–Crippen MR) is 124 cm³/mol. The lowest BCUT2D eigenvalue weighted by Crippen LogP contribution is -2.49. The Hall–Kier alpha value is -2.37. The van der Waals surface area contributed by atoms with Gasteiger partial charge in [-0.2, -0.15) is 0 Å². The van der Waals surface area contributed by atoms with Crippen molar-refractivity contribution in [1.29, 1.82) is 0 Å². The number of amides is 2. The highest BCUT2D eigenvalue weighted by atomic mass is 16.4. The van der Waals surface area contributed by atoms with Crippen LogP contribution < -0.4 is 0 Å². The van der Waals surface area contributed by atoms with E-state index in [0.29, 0.717) is 31.3 Å². The van der Waals surface area contributed by atoms with E-state index in [4.69, 9.17) is 0 Å². The van der Waals surface area contributed by atoms with Crippen LogP contribution in [0.15, 0.2) is 30.3 Å². The normalized spacial score (nSPS) is 20.4. The zero-order chi connectivity index (χ0) is 22.8. The Balaban J connectivity index is 1.40. The summed E-state index contributed by atoms with van der Waals surface area (Å²) in [6.07, 6.45) is 10.9. The van der Waals surface area contributed by atoms with Gasteiger partial charge in [0.15, 0.2) is 0 Å². The van der Waals surface area contributed by atoms with Crippen molar-refractivity contribution in [2.45, 2.75) is 83.1 Å². The number of nitrogens with zero attached hydrogens (tertiary/aromatic N) is 2. The Morgan fingerprint density at radius 1 is 0.938 bits per heavy atom. The maximum absolute atomic E-state index is 12.8. The van der Waals surface area contributed by atoms with Crippen LogP contribution in [0.3, 0.4) is 0 Å². The summed E-state index contributed by atoms with van der Waals surface area (Å²) in [5.74, 6) is -0.324. The van der Waals surface area contributed by atoms with Crippen molar-refractivity contribution in [2.24, 2.45) is 5.92 Å². The molecule has 176 valence electrons. The molecule has 0 spiro atoms. The van der Waals surface area contributed by atoms with Crippen molar-refractivity contribution in [1.82, 2.24) is 9.80 Å². The molecule has 6 heteroatoms. The number of piperidine rings is 1. The van der Waals surface area contributed by atoms with E-state index in [1.54, 1.807) is 0 Å². The maximum atomic E-state index is 12.8. The first-order valence-electron chi connectivity index (χ1n) is 12.4. The highest BCUT2D eigenvalue weighted by Crippen LogP contribution is 2.35. The first-order chi connectivity index (χ1) is 15.5. The van der Waals surface area contributed by atoms with Crippen LogP contribution in [0.1, 0.15) is 76.2 Å². The zero-order valence-corrected chi connectivity index (χ0v) is 19.2.